The summed E-state index contributed by atoms with van der Waals surface area (Å²) in [5.74, 6) is -0.568. The van der Waals surface area contributed by atoms with E-state index in [0.717, 1.165) is 17.0 Å². The normalized spacial score (nSPS) is 10.3. The molecule has 0 aliphatic heterocycles. The number of benzene rings is 1. The predicted octanol–water partition coefficient (Wildman–Crippen LogP) is 2.71. The second kappa shape index (κ2) is 4.59. The molecule has 0 fully saturated rings. The Kier molecular flexibility index (Phi) is 3.15. The lowest BCUT2D eigenvalue weighted by molar-refractivity contribution is 0.0751. The van der Waals surface area contributed by atoms with E-state index in [4.69, 9.17) is 11.9 Å². The highest BCUT2D eigenvalue weighted by atomic mass is 35.5. The van der Waals surface area contributed by atoms with Crippen molar-refractivity contribution in [1.29, 1.82) is 0 Å². The monoisotopic (exact) mass is 250 g/mol. The summed E-state index contributed by atoms with van der Waals surface area (Å²) in [5, 5.41) is 4.34. The average Bonchev–Trinajstić information content (AvgIpc) is 2.69. The van der Waals surface area contributed by atoms with Gasteiger partial charge in [0, 0.05) is 18.3 Å². The van der Waals surface area contributed by atoms with Crippen LogP contribution in [0, 0.1) is 6.92 Å². The summed E-state index contributed by atoms with van der Waals surface area (Å²) in [7, 11) is 1.87. The van der Waals surface area contributed by atoms with Crippen molar-refractivity contribution in [3.05, 3.63) is 41.6 Å². The summed E-state index contributed by atoms with van der Waals surface area (Å²) in [6.07, 6.45) is 0. The van der Waals surface area contributed by atoms with Crippen molar-refractivity contribution in [2.75, 3.05) is 0 Å². The lowest BCUT2D eigenvalue weighted by Gasteiger charge is -1.99. The number of hydrogen-bond acceptors (Lipinski definition) is 3. The predicted molar refractivity (Wildman–Crippen MR) is 64.6 cm³/mol. The Morgan fingerprint density at radius 2 is 2.18 bits per heavy atom. The molecule has 0 saturated heterocycles. The van der Waals surface area contributed by atoms with Crippen LogP contribution in [0.4, 0.5) is 0 Å². The second-order valence-corrected chi connectivity index (χ2v) is 3.89. The van der Waals surface area contributed by atoms with Crippen molar-refractivity contribution in [2.24, 2.45) is 7.05 Å². The van der Waals surface area contributed by atoms with Gasteiger partial charge >= 0.3 is 5.97 Å². The highest BCUT2D eigenvalue weighted by Crippen LogP contribution is 2.20. The molecule has 4 nitrogen and oxygen atoms in total. The van der Waals surface area contributed by atoms with Crippen molar-refractivity contribution in [2.45, 2.75) is 6.92 Å². The van der Waals surface area contributed by atoms with Gasteiger partial charge in [0.1, 0.15) is 11.9 Å². The fourth-order valence-corrected chi connectivity index (χ4v) is 1.64. The van der Waals surface area contributed by atoms with Gasteiger partial charge in [-0.15, -0.1) is 0 Å². The molecule has 0 aliphatic carbocycles. The van der Waals surface area contributed by atoms with E-state index in [9.17, 15) is 4.79 Å². The molecule has 2 rings (SSSR count). The van der Waals surface area contributed by atoms with E-state index in [2.05, 4.69) is 9.39 Å². The van der Waals surface area contributed by atoms with Crippen LogP contribution < -0.4 is 0 Å². The third-order valence-electron chi connectivity index (χ3n) is 2.58. The molecule has 17 heavy (non-hydrogen) atoms. The van der Waals surface area contributed by atoms with E-state index >= 15 is 0 Å². The van der Waals surface area contributed by atoms with E-state index in [0.29, 0.717) is 5.56 Å². The molecule has 0 saturated carbocycles. The minimum Gasteiger partial charge on any atom is -0.343 e. The van der Waals surface area contributed by atoms with E-state index in [1.54, 1.807) is 22.9 Å². The summed E-state index contributed by atoms with van der Waals surface area (Å²) in [4.78, 5) is 11.3. The number of nitrogens with zero attached hydrogens (tertiary/aromatic N) is 2. The molecule has 0 amide bonds. The Balaban J connectivity index is 2.42. The SMILES string of the molecule is Cc1cc(-c2cccc(C(=O)OCl)c2)nn1C. The Hall–Kier alpha value is -1.81. The summed E-state index contributed by atoms with van der Waals surface area (Å²) in [5.41, 5.74) is 3.12. The maximum absolute atomic E-state index is 11.3. The summed E-state index contributed by atoms with van der Waals surface area (Å²) in [6, 6.07) is 8.94. The maximum atomic E-state index is 11.3. The van der Waals surface area contributed by atoms with Gasteiger partial charge in [-0.25, -0.2) is 4.79 Å². The highest BCUT2D eigenvalue weighted by molar-refractivity contribution is 6.15. The molecule has 0 spiro atoms. The van der Waals surface area contributed by atoms with Crippen LogP contribution in [0.25, 0.3) is 11.3 Å². The van der Waals surface area contributed by atoms with Gasteiger partial charge in [0.15, 0.2) is 0 Å². The zero-order valence-corrected chi connectivity index (χ0v) is 10.2. The first-order chi connectivity index (χ1) is 8.11. The number of hydrogen-bond donors (Lipinski definition) is 0. The summed E-state index contributed by atoms with van der Waals surface area (Å²) < 4.78 is 5.94. The average molecular weight is 251 g/mol. The molecular formula is C12H11ClN2O2. The van der Waals surface area contributed by atoms with Gasteiger partial charge in [0.2, 0.25) is 0 Å². The Morgan fingerprint density at radius 1 is 1.41 bits per heavy atom. The number of halogens is 1. The summed E-state index contributed by atoms with van der Waals surface area (Å²) in [6.45, 7) is 1.97. The molecule has 1 aromatic carbocycles. The Bertz CT molecular complexity index is 544. The number of aryl methyl sites for hydroxylation is 2. The minimum atomic E-state index is -0.568. The molecule has 0 N–H and O–H groups in total. The third kappa shape index (κ3) is 2.31. The highest BCUT2D eigenvalue weighted by Gasteiger charge is 2.09. The number of aromatic nitrogens is 2. The largest absolute Gasteiger partial charge is 0.356 e. The van der Waals surface area contributed by atoms with Gasteiger partial charge in [-0.2, -0.15) is 5.10 Å². The molecule has 1 heterocycles. The first kappa shape index (κ1) is 11.7. The van der Waals surface area contributed by atoms with Gasteiger partial charge in [-0.3, -0.25) is 4.68 Å². The van der Waals surface area contributed by atoms with Crippen molar-refractivity contribution >= 4 is 17.8 Å². The van der Waals surface area contributed by atoms with Crippen molar-refractivity contribution in [1.82, 2.24) is 9.78 Å². The minimum absolute atomic E-state index is 0.404. The Morgan fingerprint density at radius 3 is 2.76 bits per heavy atom. The molecule has 5 heteroatoms. The lowest BCUT2D eigenvalue weighted by Crippen LogP contribution is -1.98. The van der Waals surface area contributed by atoms with Crippen molar-refractivity contribution < 1.29 is 9.08 Å². The molecule has 0 bridgehead atoms. The van der Waals surface area contributed by atoms with Crippen LogP contribution in [0.15, 0.2) is 30.3 Å². The van der Waals surface area contributed by atoms with Crippen LogP contribution in [-0.2, 0) is 11.3 Å². The molecule has 0 atom stereocenters. The van der Waals surface area contributed by atoms with Gasteiger partial charge in [0.05, 0.1) is 11.3 Å². The van der Waals surface area contributed by atoms with Gasteiger partial charge in [0.25, 0.3) is 0 Å². The van der Waals surface area contributed by atoms with Crippen molar-refractivity contribution in [3.63, 3.8) is 0 Å². The summed E-state index contributed by atoms with van der Waals surface area (Å²) >= 11 is 5.04. The first-order valence-corrected chi connectivity index (χ1v) is 5.36. The molecule has 0 aliphatic rings. The topological polar surface area (TPSA) is 44.1 Å². The van der Waals surface area contributed by atoms with Crippen LogP contribution in [0.5, 0.6) is 0 Å². The maximum Gasteiger partial charge on any atom is 0.356 e. The zero-order valence-electron chi connectivity index (χ0n) is 9.48. The van der Waals surface area contributed by atoms with Crippen LogP contribution in [-0.4, -0.2) is 15.7 Å². The molecule has 0 unspecified atom stereocenters. The third-order valence-corrected chi connectivity index (χ3v) is 2.72. The van der Waals surface area contributed by atoms with E-state index < -0.39 is 5.97 Å². The molecular weight excluding hydrogens is 240 g/mol. The van der Waals surface area contributed by atoms with Crippen LogP contribution in [0.2, 0.25) is 0 Å². The molecule has 2 aromatic rings. The van der Waals surface area contributed by atoms with Gasteiger partial charge in [-0.1, -0.05) is 12.1 Å². The molecule has 0 radical (unpaired) electrons. The molecule has 1 aromatic heterocycles. The number of carbonyl (C=O) groups excluding carboxylic acids is 1. The van der Waals surface area contributed by atoms with E-state index in [-0.39, 0.29) is 0 Å². The Labute approximate surface area is 104 Å². The van der Waals surface area contributed by atoms with Crippen molar-refractivity contribution in [3.8, 4) is 11.3 Å². The molecule has 88 valence electrons. The smallest absolute Gasteiger partial charge is 0.343 e. The van der Waals surface area contributed by atoms with Crippen LogP contribution in [0.1, 0.15) is 16.1 Å². The second-order valence-electron chi connectivity index (χ2n) is 3.74. The standard InChI is InChI=1S/C12H11ClN2O2/c1-8-6-11(14-15(8)2)9-4-3-5-10(7-9)12(16)17-13/h3-7H,1-2H3. The van der Waals surface area contributed by atoms with Crippen LogP contribution in [0.3, 0.4) is 0 Å². The first-order valence-electron chi connectivity index (χ1n) is 5.06. The number of rotatable bonds is 2. The fraction of sp³-hybridized carbons (Fsp3) is 0.167. The van der Waals surface area contributed by atoms with E-state index in [1.807, 2.05) is 26.1 Å². The zero-order chi connectivity index (χ0) is 12.4. The van der Waals surface area contributed by atoms with Gasteiger partial charge < -0.3 is 4.29 Å². The van der Waals surface area contributed by atoms with Gasteiger partial charge in [-0.05, 0) is 25.1 Å². The van der Waals surface area contributed by atoms with E-state index in [1.165, 1.54) is 0 Å². The number of carbonyl (C=O) groups is 1. The quantitative estimate of drug-likeness (QED) is 0.823. The van der Waals surface area contributed by atoms with Crippen LogP contribution >= 0.6 is 11.9 Å². The lowest BCUT2D eigenvalue weighted by atomic mass is 10.1. The fourth-order valence-electron chi connectivity index (χ4n) is 1.55.